The van der Waals surface area contributed by atoms with Crippen LogP contribution in [0.3, 0.4) is 0 Å². The van der Waals surface area contributed by atoms with E-state index in [1.54, 1.807) is 18.3 Å². The summed E-state index contributed by atoms with van der Waals surface area (Å²) in [4.78, 5) is 19.8. The molecule has 0 saturated carbocycles. The zero-order valence-electron chi connectivity index (χ0n) is 17.9. The van der Waals surface area contributed by atoms with Crippen molar-refractivity contribution >= 4 is 26.7 Å². The third-order valence-electron chi connectivity index (χ3n) is 6.77. The zero-order valence-corrected chi connectivity index (χ0v) is 18.7. The summed E-state index contributed by atoms with van der Waals surface area (Å²) in [5, 5.41) is 1.93. The third kappa shape index (κ3) is 3.91. The van der Waals surface area contributed by atoms with Gasteiger partial charge in [0.15, 0.2) is 0 Å². The standard InChI is InChI=1S/C25H27N3O3S/c29-25(28-14-4-8-24(28)22-7-3-13-26-18-22)20-11-15-27(16-12-20)32(30,31)23-10-9-19-5-1-2-6-21(19)17-23/h1-3,5-7,9-10,13,17-18,20,24H,4,8,11-12,14-16H2/t24-/m1/s1. The Morgan fingerprint density at radius 2 is 1.69 bits per heavy atom. The third-order valence-corrected chi connectivity index (χ3v) is 8.66. The summed E-state index contributed by atoms with van der Waals surface area (Å²) >= 11 is 0. The summed E-state index contributed by atoms with van der Waals surface area (Å²) in [6, 6.07) is 17.0. The van der Waals surface area contributed by atoms with Crippen molar-refractivity contribution in [1.82, 2.24) is 14.2 Å². The second-order valence-electron chi connectivity index (χ2n) is 8.66. The summed E-state index contributed by atoms with van der Waals surface area (Å²) in [7, 11) is -3.58. The lowest BCUT2D eigenvalue weighted by Crippen LogP contribution is -2.44. The molecule has 2 aromatic carbocycles. The van der Waals surface area contributed by atoms with E-state index in [0.717, 1.165) is 35.7 Å². The summed E-state index contributed by atoms with van der Waals surface area (Å²) < 4.78 is 28.0. The van der Waals surface area contributed by atoms with E-state index in [-0.39, 0.29) is 17.9 Å². The molecule has 0 bridgehead atoms. The first-order chi connectivity index (χ1) is 15.5. The summed E-state index contributed by atoms with van der Waals surface area (Å²) in [5.74, 6) is 0.0226. The van der Waals surface area contributed by atoms with Gasteiger partial charge in [-0.3, -0.25) is 9.78 Å². The molecule has 6 nitrogen and oxygen atoms in total. The highest BCUT2D eigenvalue weighted by Crippen LogP contribution is 2.35. The van der Waals surface area contributed by atoms with Gasteiger partial charge in [0.05, 0.1) is 10.9 Å². The zero-order chi connectivity index (χ0) is 22.1. The quantitative estimate of drug-likeness (QED) is 0.604. The molecule has 2 saturated heterocycles. The fourth-order valence-electron chi connectivity index (χ4n) is 5.00. The number of nitrogens with zero attached hydrogens (tertiary/aromatic N) is 3. The van der Waals surface area contributed by atoms with E-state index >= 15 is 0 Å². The molecule has 1 aromatic heterocycles. The molecule has 0 unspecified atom stereocenters. The maximum absolute atomic E-state index is 13.3. The Hall–Kier alpha value is -2.77. The van der Waals surface area contributed by atoms with E-state index < -0.39 is 10.0 Å². The highest BCUT2D eigenvalue weighted by atomic mass is 32.2. The van der Waals surface area contributed by atoms with Crippen molar-refractivity contribution in [2.45, 2.75) is 36.6 Å². The van der Waals surface area contributed by atoms with Crippen LogP contribution in [0.1, 0.15) is 37.3 Å². The second kappa shape index (κ2) is 8.64. The average Bonchev–Trinajstić information content (AvgIpc) is 3.34. The molecule has 32 heavy (non-hydrogen) atoms. The molecule has 3 aromatic rings. The summed E-state index contributed by atoms with van der Waals surface area (Å²) in [6.07, 6.45) is 6.64. The number of piperidine rings is 1. The Morgan fingerprint density at radius 1 is 0.906 bits per heavy atom. The predicted octanol–water partition coefficient (Wildman–Crippen LogP) is 4.00. The van der Waals surface area contributed by atoms with Gasteiger partial charge < -0.3 is 4.90 Å². The molecule has 0 spiro atoms. The molecule has 5 rings (SSSR count). The van der Waals surface area contributed by atoms with E-state index in [1.807, 2.05) is 53.6 Å². The molecule has 1 amide bonds. The molecule has 2 aliphatic rings. The number of benzene rings is 2. The van der Waals surface area contributed by atoms with Crippen molar-refractivity contribution in [3.8, 4) is 0 Å². The Kier molecular flexibility index (Phi) is 5.69. The van der Waals surface area contributed by atoms with Gasteiger partial charge in [0.25, 0.3) is 0 Å². The molecule has 0 N–H and O–H groups in total. The molecule has 7 heteroatoms. The number of rotatable bonds is 4. The van der Waals surface area contributed by atoms with Crippen LogP contribution in [0.2, 0.25) is 0 Å². The van der Waals surface area contributed by atoms with E-state index in [9.17, 15) is 13.2 Å². The first kappa shape index (κ1) is 21.1. The Labute approximate surface area is 188 Å². The Bertz CT molecular complexity index is 1220. The summed E-state index contributed by atoms with van der Waals surface area (Å²) in [6.45, 7) is 1.50. The van der Waals surface area contributed by atoms with E-state index in [0.29, 0.717) is 30.8 Å². The molecule has 2 fully saturated rings. The minimum absolute atomic E-state index is 0.0792. The molecule has 1 atom stereocenters. The van der Waals surface area contributed by atoms with Crippen molar-refractivity contribution < 1.29 is 13.2 Å². The number of pyridine rings is 1. The number of carbonyl (C=O) groups is 1. The second-order valence-corrected chi connectivity index (χ2v) is 10.6. The van der Waals surface area contributed by atoms with Crippen LogP contribution in [-0.4, -0.2) is 48.1 Å². The van der Waals surface area contributed by atoms with Gasteiger partial charge in [-0.15, -0.1) is 0 Å². The van der Waals surface area contributed by atoms with Gasteiger partial charge in [-0.05, 0) is 60.2 Å². The highest BCUT2D eigenvalue weighted by Gasteiger charge is 2.37. The van der Waals surface area contributed by atoms with Crippen LogP contribution < -0.4 is 0 Å². The van der Waals surface area contributed by atoms with Crippen molar-refractivity contribution in [2.24, 2.45) is 5.92 Å². The number of hydrogen-bond acceptors (Lipinski definition) is 4. The Morgan fingerprint density at radius 3 is 2.44 bits per heavy atom. The molecular weight excluding hydrogens is 422 g/mol. The fraction of sp³-hybridized carbons (Fsp3) is 0.360. The van der Waals surface area contributed by atoms with Gasteiger partial charge in [0, 0.05) is 37.9 Å². The number of fused-ring (bicyclic) bond motifs is 1. The lowest BCUT2D eigenvalue weighted by molar-refractivity contribution is -0.137. The van der Waals surface area contributed by atoms with Gasteiger partial charge in [-0.2, -0.15) is 4.31 Å². The fourth-order valence-corrected chi connectivity index (χ4v) is 6.51. The topological polar surface area (TPSA) is 70.6 Å². The van der Waals surface area contributed by atoms with Gasteiger partial charge in [0.2, 0.25) is 15.9 Å². The highest BCUT2D eigenvalue weighted by molar-refractivity contribution is 7.89. The van der Waals surface area contributed by atoms with Crippen LogP contribution in [0.25, 0.3) is 10.8 Å². The number of sulfonamides is 1. The molecule has 0 aliphatic carbocycles. The average molecular weight is 450 g/mol. The molecule has 2 aliphatic heterocycles. The maximum atomic E-state index is 13.3. The predicted molar refractivity (Wildman–Crippen MR) is 123 cm³/mol. The molecule has 0 radical (unpaired) electrons. The van der Waals surface area contributed by atoms with E-state index in [1.165, 1.54) is 4.31 Å². The monoisotopic (exact) mass is 449 g/mol. The van der Waals surface area contributed by atoms with E-state index in [4.69, 9.17) is 0 Å². The minimum atomic E-state index is -3.58. The molecule has 3 heterocycles. The lowest BCUT2D eigenvalue weighted by atomic mass is 9.95. The number of carbonyl (C=O) groups excluding carboxylic acids is 1. The first-order valence-corrected chi connectivity index (χ1v) is 12.7. The smallest absolute Gasteiger partial charge is 0.243 e. The Balaban J connectivity index is 1.27. The number of likely N-dealkylation sites (tertiary alicyclic amines) is 1. The summed E-state index contributed by atoms with van der Waals surface area (Å²) in [5.41, 5.74) is 1.08. The van der Waals surface area contributed by atoms with E-state index in [2.05, 4.69) is 4.98 Å². The molecule has 166 valence electrons. The minimum Gasteiger partial charge on any atom is -0.335 e. The van der Waals surface area contributed by atoms with Crippen molar-refractivity contribution in [2.75, 3.05) is 19.6 Å². The van der Waals surface area contributed by atoms with Gasteiger partial charge in [0.1, 0.15) is 0 Å². The van der Waals surface area contributed by atoms with Crippen LogP contribution in [0.5, 0.6) is 0 Å². The van der Waals surface area contributed by atoms with Crippen molar-refractivity contribution in [3.05, 3.63) is 72.6 Å². The van der Waals surface area contributed by atoms with Crippen LogP contribution in [0, 0.1) is 5.92 Å². The van der Waals surface area contributed by atoms with Gasteiger partial charge in [-0.25, -0.2) is 8.42 Å². The van der Waals surface area contributed by atoms with Crippen LogP contribution in [0.4, 0.5) is 0 Å². The number of hydrogen-bond donors (Lipinski definition) is 0. The molecular formula is C25H27N3O3S. The van der Waals surface area contributed by atoms with Gasteiger partial charge in [-0.1, -0.05) is 36.4 Å². The SMILES string of the molecule is O=C(C1CCN(S(=O)(=O)c2ccc3ccccc3c2)CC1)N1CCC[C@@H]1c1cccnc1. The van der Waals surface area contributed by atoms with Crippen LogP contribution in [-0.2, 0) is 14.8 Å². The normalized spacial score (nSPS) is 20.6. The maximum Gasteiger partial charge on any atom is 0.243 e. The van der Waals surface area contributed by atoms with Crippen LogP contribution in [0.15, 0.2) is 71.9 Å². The van der Waals surface area contributed by atoms with Crippen LogP contribution >= 0.6 is 0 Å². The lowest BCUT2D eigenvalue weighted by Gasteiger charge is -2.34. The number of aromatic nitrogens is 1. The van der Waals surface area contributed by atoms with Crippen molar-refractivity contribution in [3.63, 3.8) is 0 Å². The number of amides is 1. The van der Waals surface area contributed by atoms with Crippen molar-refractivity contribution in [1.29, 1.82) is 0 Å². The van der Waals surface area contributed by atoms with Gasteiger partial charge >= 0.3 is 0 Å². The largest absolute Gasteiger partial charge is 0.335 e. The first-order valence-electron chi connectivity index (χ1n) is 11.2.